The van der Waals surface area contributed by atoms with E-state index in [2.05, 4.69) is 5.32 Å². The van der Waals surface area contributed by atoms with Crippen LogP contribution in [-0.2, 0) is 9.84 Å². The Labute approximate surface area is 112 Å². The highest BCUT2D eigenvalue weighted by atomic mass is 32.2. The highest BCUT2D eigenvalue weighted by molar-refractivity contribution is 7.90. The van der Waals surface area contributed by atoms with Crippen LogP contribution in [-0.4, -0.2) is 20.6 Å². The average Bonchev–Trinajstić information content (AvgIpc) is 2.39. The van der Waals surface area contributed by atoms with Crippen LogP contribution in [0.4, 0.5) is 5.69 Å². The van der Waals surface area contributed by atoms with Crippen LogP contribution in [0.3, 0.4) is 0 Å². The Hall–Kier alpha value is -2.14. The number of hydrogen-bond acceptors (Lipinski definition) is 3. The van der Waals surface area contributed by atoms with Crippen molar-refractivity contribution in [2.45, 2.75) is 4.90 Å². The third-order valence-corrected chi connectivity index (χ3v) is 3.67. The minimum absolute atomic E-state index is 0.133. The van der Waals surface area contributed by atoms with E-state index in [0.29, 0.717) is 11.3 Å². The van der Waals surface area contributed by atoms with Gasteiger partial charge in [0.05, 0.1) is 4.90 Å². The second kappa shape index (κ2) is 5.24. The lowest BCUT2D eigenvalue weighted by Gasteiger charge is -2.06. The molecule has 0 saturated heterocycles. The lowest BCUT2D eigenvalue weighted by atomic mass is 10.2. The predicted molar refractivity (Wildman–Crippen MR) is 73.9 cm³/mol. The first kappa shape index (κ1) is 13.3. The van der Waals surface area contributed by atoms with Crippen LogP contribution in [0, 0.1) is 0 Å². The Bertz CT molecular complexity index is 694. The molecule has 0 aliphatic rings. The molecule has 0 unspecified atom stereocenters. The lowest BCUT2D eigenvalue weighted by Crippen LogP contribution is -2.12. The van der Waals surface area contributed by atoms with Crippen LogP contribution >= 0.6 is 0 Å². The number of hydrogen-bond donors (Lipinski definition) is 1. The molecular formula is C14H13NO3S. The third kappa shape index (κ3) is 3.42. The van der Waals surface area contributed by atoms with Crippen molar-refractivity contribution in [3.8, 4) is 0 Å². The summed E-state index contributed by atoms with van der Waals surface area (Å²) in [6.45, 7) is 0. The van der Waals surface area contributed by atoms with Crippen molar-refractivity contribution in [2.75, 3.05) is 11.6 Å². The van der Waals surface area contributed by atoms with E-state index in [1.165, 1.54) is 12.1 Å². The fourth-order valence-electron chi connectivity index (χ4n) is 1.59. The smallest absolute Gasteiger partial charge is 0.255 e. The number of benzene rings is 2. The number of anilines is 1. The van der Waals surface area contributed by atoms with E-state index in [1.807, 2.05) is 18.2 Å². The molecule has 1 amide bonds. The van der Waals surface area contributed by atoms with Crippen LogP contribution in [0.5, 0.6) is 0 Å². The molecule has 0 aromatic heterocycles. The summed E-state index contributed by atoms with van der Waals surface area (Å²) in [7, 11) is -3.31. The molecule has 0 bridgehead atoms. The highest BCUT2D eigenvalue weighted by Gasteiger charge is 2.11. The van der Waals surface area contributed by atoms with Crippen molar-refractivity contribution >= 4 is 21.4 Å². The van der Waals surface area contributed by atoms with E-state index in [0.717, 1.165) is 6.26 Å². The standard InChI is InChI=1S/C14H13NO3S/c1-19(17,18)13-9-5-6-11(10-13)14(16)15-12-7-3-2-4-8-12/h2-10H,1H3,(H,15,16). The summed E-state index contributed by atoms with van der Waals surface area (Å²) in [4.78, 5) is 12.1. The van der Waals surface area contributed by atoms with Gasteiger partial charge in [0.15, 0.2) is 9.84 Å². The van der Waals surface area contributed by atoms with Crippen LogP contribution in [0.1, 0.15) is 10.4 Å². The molecular weight excluding hydrogens is 262 g/mol. The second-order valence-corrected chi connectivity index (χ2v) is 6.14. The molecule has 2 rings (SSSR count). The van der Waals surface area contributed by atoms with Gasteiger partial charge in [-0.1, -0.05) is 24.3 Å². The molecule has 0 aliphatic heterocycles. The van der Waals surface area contributed by atoms with E-state index in [1.54, 1.807) is 24.3 Å². The van der Waals surface area contributed by atoms with Gasteiger partial charge in [-0.2, -0.15) is 0 Å². The van der Waals surface area contributed by atoms with Crippen molar-refractivity contribution in [1.29, 1.82) is 0 Å². The second-order valence-electron chi connectivity index (χ2n) is 4.12. The summed E-state index contributed by atoms with van der Waals surface area (Å²) in [5.41, 5.74) is 0.976. The van der Waals surface area contributed by atoms with Gasteiger partial charge in [0.25, 0.3) is 5.91 Å². The normalized spacial score (nSPS) is 11.0. The first-order valence-corrected chi connectivity index (χ1v) is 7.52. The Morgan fingerprint density at radius 3 is 2.32 bits per heavy atom. The summed E-state index contributed by atoms with van der Waals surface area (Å²) in [6.07, 6.45) is 1.11. The average molecular weight is 275 g/mol. The van der Waals surface area contributed by atoms with Crippen molar-refractivity contribution < 1.29 is 13.2 Å². The zero-order valence-corrected chi connectivity index (χ0v) is 11.1. The molecule has 19 heavy (non-hydrogen) atoms. The van der Waals surface area contributed by atoms with Gasteiger partial charge >= 0.3 is 0 Å². The Balaban J connectivity index is 2.25. The number of carbonyl (C=O) groups is 1. The van der Waals surface area contributed by atoms with Gasteiger partial charge in [-0.05, 0) is 30.3 Å². The summed E-state index contributed by atoms with van der Waals surface area (Å²) >= 11 is 0. The zero-order valence-electron chi connectivity index (χ0n) is 10.3. The van der Waals surface area contributed by atoms with E-state index >= 15 is 0 Å². The molecule has 1 N–H and O–H groups in total. The van der Waals surface area contributed by atoms with E-state index < -0.39 is 9.84 Å². The number of rotatable bonds is 3. The van der Waals surface area contributed by atoms with Crippen molar-refractivity contribution in [3.63, 3.8) is 0 Å². The largest absolute Gasteiger partial charge is 0.322 e. The molecule has 98 valence electrons. The fourth-order valence-corrected chi connectivity index (χ4v) is 2.26. The highest BCUT2D eigenvalue weighted by Crippen LogP contribution is 2.13. The molecule has 0 atom stereocenters. The SMILES string of the molecule is CS(=O)(=O)c1cccc(C(=O)Nc2ccccc2)c1. The number of amides is 1. The summed E-state index contributed by atoms with van der Waals surface area (Å²) in [5.74, 6) is -0.336. The summed E-state index contributed by atoms with van der Waals surface area (Å²) < 4.78 is 22.9. The summed E-state index contributed by atoms with van der Waals surface area (Å²) in [6, 6.07) is 15.0. The maximum absolute atomic E-state index is 12.0. The predicted octanol–water partition coefficient (Wildman–Crippen LogP) is 2.34. The van der Waals surface area contributed by atoms with Crippen LogP contribution in [0.25, 0.3) is 0 Å². The molecule has 0 spiro atoms. The zero-order chi connectivity index (χ0) is 13.9. The van der Waals surface area contributed by atoms with Gasteiger partial charge in [-0.25, -0.2) is 8.42 Å². The molecule has 0 aliphatic carbocycles. The lowest BCUT2D eigenvalue weighted by molar-refractivity contribution is 0.102. The molecule has 2 aromatic carbocycles. The first-order valence-electron chi connectivity index (χ1n) is 5.63. The number of sulfone groups is 1. The Morgan fingerprint density at radius 1 is 1.00 bits per heavy atom. The first-order chi connectivity index (χ1) is 8.97. The van der Waals surface area contributed by atoms with Gasteiger partial charge in [0.1, 0.15) is 0 Å². The van der Waals surface area contributed by atoms with Gasteiger partial charge < -0.3 is 5.32 Å². The van der Waals surface area contributed by atoms with Crippen molar-refractivity contribution in [3.05, 3.63) is 60.2 Å². The monoisotopic (exact) mass is 275 g/mol. The van der Waals surface area contributed by atoms with E-state index in [9.17, 15) is 13.2 Å². The molecule has 2 aromatic rings. The molecule has 5 heteroatoms. The van der Waals surface area contributed by atoms with E-state index in [-0.39, 0.29) is 10.8 Å². The van der Waals surface area contributed by atoms with Crippen molar-refractivity contribution in [2.24, 2.45) is 0 Å². The van der Waals surface area contributed by atoms with Crippen LogP contribution in [0.2, 0.25) is 0 Å². The molecule has 0 heterocycles. The van der Waals surface area contributed by atoms with Crippen molar-refractivity contribution in [1.82, 2.24) is 0 Å². The van der Waals surface area contributed by atoms with Crippen LogP contribution < -0.4 is 5.32 Å². The van der Waals surface area contributed by atoms with Gasteiger partial charge in [0.2, 0.25) is 0 Å². The maximum atomic E-state index is 12.0. The molecule has 0 radical (unpaired) electrons. The van der Waals surface area contributed by atoms with Gasteiger partial charge in [-0.15, -0.1) is 0 Å². The maximum Gasteiger partial charge on any atom is 0.255 e. The van der Waals surface area contributed by atoms with E-state index in [4.69, 9.17) is 0 Å². The summed E-state index contributed by atoms with van der Waals surface area (Å²) in [5, 5.41) is 2.70. The molecule has 4 nitrogen and oxygen atoms in total. The molecule has 0 fully saturated rings. The molecule has 0 saturated carbocycles. The Kier molecular flexibility index (Phi) is 3.66. The van der Waals surface area contributed by atoms with Gasteiger partial charge in [0, 0.05) is 17.5 Å². The van der Waals surface area contributed by atoms with Crippen LogP contribution in [0.15, 0.2) is 59.5 Å². The quantitative estimate of drug-likeness (QED) is 0.935. The minimum atomic E-state index is -3.31. The Morgan fingerprint density at radius 2 is 1.68 bits per heavy atom. The number of nitrogens with one attached hydrogen (secondary N) is 1. The minimum Gasteiger partial charge on any atom is -0.322 e. The number of para-hydroxylation sites is 1. The fraction of sp³-hybridized carbons (Fsp3) is 0.0714. The topological polar surface area (TPSA) is 63.2 Å². The number of carbonyl (C=O) groups excluding carboxylic acids is 1. The van der Waals surface area contributed by atoms with Gasteiger partial charge in [-0.3, -0.25) is 4.79 Å². The third-order valence-electron chi connectivity index (χ3n) is 2.56.